The van der Waals surface area contributed by atoms with Crippen molar-refractivity contribution in [3.8, 4) is 0 Å². The van der Waals surface area contributed by atoms with Gasteiger partial charge in [-0.1, -0.05) is 51.2 Å². The lowest BCUT2D eigenvalue weighted by Gasteiger charge is -2.20. The van der Waals surface area contributed by atoms with Crippen molar-refractivity contribution >= 4 is 0 Å². The summed E-state index contributed by atoms with van der Waals surface area (Å²) >= 11 is 0. The molecule has 0 spiro atoms. The average molecular weight is 344 g/mol. The van der Waals surface area contributed by atoms with E-state index in [2.05, 4.69) is 19.1 Å². The zero-order valence-electron chi connectivity index (χ0n) is 15.1. The molecule has 1 aliphatic rings. The summed E-state index contributed by atoms with van der Waals surface area (Å²) in [5.41, 5.74) is 0. The lowest BCUT2D eigenvalue weighted by atomic mass is 10.1. The van der Waals surface area contributed by atoms with E-state index in [1.807, 2.05) is 0 Å². The Morgan fingerprint density at radius 1 is 1.04 bits per heavy atom. The Bertz CT molecular complexity index is 321. The number of rotatable bonds is 14. The third-order valence-corrected chi connectivity index (χ3v) is 4.42. The smallest absolute Gasteiger partial charge is 0.114 e. The van der Waals surface area contributed by atoms with Crippen molar-refractivity contribution in [2.75, 3.05) is 19.8 Å². The summed E-state index contributed by atoms with van der Waals surface area (Å²) in [4.78, 5) is 0. The van der Waals surface area contributed by atoms with Gasteiger partial charge in [0.15, 0.2) is 0 Å². The molecule has 1 heterocycles. The van der Waals surface area contributed by atoms with Gasteiger partial charge in [0.2, 0.25) is 0 Å². The van der Waals surface area contributed by atoms with E-state index in [9.17, 15) is 15.3 Å². The Kier molecular flexibility index (Phi) is 12.4. The van der Waals surface area contributed by atoms with Gasteiger partial charge in [0.1, 0.15) is 24.4 Å². The van der Waals surface area contributed by atoms with E-state index in [1.54, 1.807) is 0 Å². The van der Waals surface area contributed by atoms with Crippen LogP contribution in [-0.2, 0) is 9.47 Å². The van der Waals surface area contributed by atoms with Crippen LogP contribution >= 0.6 is 0 Å². The molecule has 4 atom stereocenters. The SMILES string of the molecule is CC/C=C/CCCCCCCCCOC[C@@H](O)[C@H]1OC[C@H](O)[C@H]1O. The van der Waals surface area contributed by atoms with Crippen LogP contribution in [0.5, 0.6) is 0 Å². The third kappa shape index (κ3) is 9.14. The highest BCUT2D eigenvalue weighted by Gasteiger charge is 2.39. The van der Waals surface area contributed by atoms with Gasteiger partial charge in [0.05, 0.1) is 13.2 Å². The van der Waals surface area contributed by atoms with Gasteiger partial charge in [-0.2, -0.15) is 0 Å². The van der Waals surface area contributed by atoms with Gasteiger partial charge in [-0.05, 0) is 25.7 Å². The van der Waals surface area contributed by atoms with Crippen molar-refractivity contribution in [1.82, 2.24) is 0 Å². The van der Waals surface area contributed by atoms with E-state index in [1.165, 1.54) is 38.5 Å². The molecule has 24 heavy (non-hydrogen) atoms. The van der Waals surface area contributed by atoms with Crippen LogP contribution in [0.25, 0.3) is 0 Å². The van der Waals surface area contributed by atoms with Crippen molar-refractivity contribution in [1.29, 1.82) is 0 Å². The van der Waals surface area contributed by atoms with E-state index >= 15 is 0 Å². The van der Waals surface area contributed by atoms with E-state index in [0.29, 0.717) is 6.61 Å². The summed E-state index contributed by atoms with van der Waals surface area (Å²) in [5.74, 6) is 0. The van der Waals surface area contributed by atoms with E-state index in [0.717, 1.165) is 19.3 Å². The molecule has 3 N–H and O–H groups in total. The minimum absolute atomic E-state index is 0.0672. The van der Waals surface area contributed by atoms with Crippen LogP contribution in [-0.4, -0.2) is 59.6 Å². The van der Waals surface area contributed by atoms with Gasteiger partial charge in [-0.25, -0.2) is 0 Å². The summed E-state index contributed by atoms with van der Waals surface area (Å²) in [6, 6.07) is 0. The Balaban J connectivity index is 1.84. The van der Waals surface area contributed by atoms with Gasteiger partial charge in [-0.15, -0.1) is 0 Å². The van der Waals surface area contributed by atoms with Gasteiger partial charge in [0, 0.05) is 6.61 Å². The second-order valence-corrected chi connectivity index (χ2v) is 6.64. The molecule has 5 heteroatoms. The molecule has 0 aromatic carbocycles. The lowest BCUT2D eigenvalue weighted by Crippen LogP contribution is -2.40. The first kappa shape index (κ1) is 21.6. The van der Waals surface area contributed by atoms with Crippen molar-refractivity contribution in [3.05, 3.63) is 12.2 Å². The summed E-state index contributed by atoms with van der Waals surface area (Å²) in [5, 5.41) is 28.9. The molecule has 0 amide bonds. The second-order valence-electron chi connectivity index (χ2n) is 6.64. The maximum absolute atomic E-state index is 9.89. The maximum Gasteiger partial charge on any atom is 0.114 e. The van der Waals surface area contributed by atoms with Crippen molar-refractivity contribution in [3.63, 3.8) is 0 Å². The maximum atomic E-state index is 9.89. The Morgan fingerprint density at radius 2 is 1.71 bits per heavy atom. The normalized spacial score (nSPS) is 25.6. The molecule has 0 bridgehead atoms. The monoisotopic (exact) mass is 344 g/mol. The van der Waals surface area contributed by atoms with Gasteiger partial charge >= 0.3 is 0 Å². The highest BCUT2D eigenvalue weighted by Crippen LogP contribution is 2.18. The number of unbranched alkanes of at least 4 members (excludes halogenated alkanes) is 7. The zero-order chi connectivity index (χ0) is 17.6. The largest absolute Gasteiger partial charge is 0.388 e. The average Bonchev–Trinajstić information content (AvgIpc) is 2.91. The molecule has 0 aliphatic carbocycles. The quantitative estimate of drug-likeness (QED) is 0.333. The number of aliphatic hydroxyl groups excluding tert-OH is 3. The molecule has 1 fully saturated rings. The summed E-state index contributed by atoms with van der Waals surface area (Å²) in [6.45, 7) is 2.99. The fourth-order valence-corrected chi connectivity index (χ4v) is 2.90. The van der Waals surface area contributed by atoms with Crippen LogP contribution in [0, 0.1) is 0 Å². The highest BCUT2D eigenvalue weighted by atomic mass is 16.5. The van der Waals surface area contributed by atoms with Crippen LogP contribution in [0.3, 0.4) is 0 Å². The van der Waals surface area contributed by atoms with Crippen molar-refractivity contribution < 1.29 is 24.8 Å². The van der Waals surface area contributed by atoms with Gasteiger partial charge < -0.3 is 24.8 Å². The minimum Gasteiger partial charge on any atom is -0.388 e. The number of ether oxygens (including phenoxy) is 2. The highest BCUT2D eigenvalue weighted by molar-refractivity contribution is 4.87. The second kappa shape index (κ2) is 13.8. The summed E-state index contributed by atoms with van der Waals surface area (Å²) in [7, 11) is 0. The number of aliphatic hydroxyl groups is 3. The molecule has 0 unspecified atom stereocenters. The molecule has 0 radical (unpaired) electrons. The van der Waals surface area contributed by atoms with E-state index in [-0.39, 0.29) is 13.2 Å². The first-order valence-electron chi connectivity index (χ1n) is 9.55. The van der Waals surface area contributed by atoms with Gasteiger partial charge in [0.25, 0.3) is 0 Å². The fraction of sp³-hybridized carbons (Fsp3) is 0.895. The predicted octanol–water partition coefficient (Wildman–Crippen LogP) is 2.57. The van der Waals surface area contributed by atoms with Gasteiger partial charge in [-0.3, -0.25) is 0 Å². The molecule has 0 aromatic rings. The third-order valence-electron chi connectivity index (χ3n) is 4.42. The first-order chi connectivity index (χ1) is 11.7. The molecule has 142 valence electrons. The van der Waals surface area contributed by atoms with Crippen LogP contribution in [0.15, 0.2) is 12.2 Å². The first-order valence-corrected chi connectivity index (χ1v) is 9.55. The molecule has 1 saturated heterocycles. The number of allylic oxidation sites excluding steroid dienone is 2. The molecular formula is C19H36O5. The number of hydrogen-bond donors (Lipinski definition) is 3. The lowest BCUT2D eigenvalue weighted by molar-refractivity contribution is -0.0813. The zero-order valence-corrected chi connectivity index (χ0v) is 15.1. The predicted molar refractivity (Wildman–Crippen MR) is 94.9 cm³/mol. The fourth-order valence-electron chi connectivity index (χ4n) is 2.90. The van der Waals surface area contributed by atoms with Crippen LogP contribution < -0.4 is 0 Å². The standard InChI is InChI=1S/C19H36O5/c1-2-3-4-5-6-7-8-9-10-11-12-13-23-14-17(21)19-18(22)16(20)15-24-19/h3-4,16-22H,2,5-15H2,1H3/b4-3+/t16-,17+,18+,19+/m0/s1. The van der Waals surface area contributed by atoms with E-state index in [4.69, 9.17) is 9.47 Å². The van der Waals surface area contributed by atoms with E-state index < -0.39 is 24.4 Å². The Morgan fingerprint density at radius 3 is 2.33 bits per heavy atom. The summed E-state index contributed by atoms with van der Waals surface area (Å²) < 4.78 is 10.6. The van der Waals surface area contributed by atoms with Crippen molar-refractivity contribution in [2.45, 2.75) is 89.1 Å². The molecule has 0 saturated carbocycles. The minimum atomic E-state index is -1.03. The van der Waals surface area contributed by atoms with Crippen molar-refractivity contribution in [2.24, 2.45) is 0 Å². The molecule has 0 aromatic heterocycles. The van der Waals surface area contributed by atoms with Crippen LogP contribution in [0.1, 0.15) is 64.7 Å². The molecule has 1 aliphatic heterocycles. The molecule has 1 rings (SSSR count). The van der Waals surface area contributed by atoms with Crippen LogP contribution in [0.4, 0.5) is 0 Å². The molecule has 5 nitrogen and oxygen atoms in total. The summed E-state index contributed by atoms with van der Waals surface area (Å²) in [6.07, 6.45) is 11.8. The Hall–Kier alpha value is -0.460. The van der Waals surface area contributed by atoms with Crippen LogP contribution in [0.2, 0.25) is 0 Å². The Labute approximate surface area is 146 Å². The molecular weight excluding hydrogens is 308 g/mol. The number of hydrogen-bond acceptors (Lipinski definition) is 5. The topological polar surface area (TPSA) is 79.2 Å².